The highest BCUT2D eigenvalue weighted by molar-refractivity contribution is 7.77. The fraction of sp³-hybridized carbons (Fsp3) is 0.727. The molecule has 0 aliphatic heterocycles. The summed E-state index contributed by atoms with van der Waals surface area (Å²) in [6.45, 7) is 0.575. The minimum atomic E-state index is -2.10. The van der Waals surface area contributed by atoms with Crippen LogP contribution < -0.4 is 4.72 Å². The van der Waals surface area contributed by atoms with Crippen molar-refractivity contribution in [1.82, 2.24) is 4.72 Å². The van der Waals surface area contributed by atoms with E-state index in [9.17, 15) is 13.9 Å². The lowest BCUT2D eigenvalue weighted by Gasteiger charge is -2.06. The van der Waals surface area contributed by atoms with Crippen molar-refractivity contribution >= 4 is 11.3 Å². The van der Waals surface area contributed by atoms with Gasteiger partial charge in [-0.25, -0.2) is 4.72 Å². The molecule has 1 atom stereocenters. The maximum atomic E-state index is 10.3. The van der Waals surface area contributed by atoms with Gasteiger partial charge in [-0.2, -0.15) is 0 Å². The number of aromatic hydroxyl groups is 1. The average molecular weight is 397 g/mol. The summed E-state index contributed by atoms with van der Waals surface area (Å²) in [7, 11) is 0. The van der Waals surface area contributed by atoms with Crippen LogP contribution in [0.4, 0.5) is 0 Å². The van der Waals surface area contributed by atoms with E-state index in [-0.39, 0.29) is 0 Å². The summed E-state index contributed by atoms with van der Waals surface area (Å²) in [5.74, 6) is 0.374. The first-order chi connectivity index (χ1) is 13.2. The van der Waals surface area contributed by atoms with Gasteiger partial charge in [-0.3, -0.25) is 4.21 Å². The van der Waals surface area contributed by atoms with Gasteiger partial charge in [-0.15, -0.1) is 0 Å². The molecule has 0 heterocycles. The average Bonchev–Trinajstić information content (AvgIpc) is 2.64. The number of hydrogen-bond donors (Lipinski definition) is 2. The molecule has 27 heavy (non-hydrogen) atoms. The standard InChI is InChI=1S/C22H39NO3S/c24-22-18-15-17-21(20-22)16-13-11-9-7-5-3-1-2-4-6-8-10-12-14-19-23-27(25)26/h15,17-18,20,23-24H,1-14,16,19H2,(H,25,26)/p-1. The van der Waals surface area contributed by atoms with E-state index in [1.165, 1.54) is 82.6 Å². The highest BCUT2D eigenvalue weighted by atomic mass is 32.2. The van der Waals surface area contributed by atoms with Crippen LogP contribution in [0, 0.1) is 0 Å². The molecule has 0 bridgehead atoms. The monoisotopic (exact) mass is 396 g/mol. The number of phenolic OH excluding ortho intramolecular Hbond substituents is 1. The Morgan fingerprint density at radius 1 is 0.778 bits per heavy atom. The SMILES string of the molecule is O=S([O-])NCCCCCCCCCCCCCCCCc1cccc(O)c1. The van der Waals surface area contributed by atoms with Crippen LogP contribution in [0.15, 0.2) is 24.3 Å². The van der Waals surface area contributed by atoms with E-state index in [1.807, 2.05) is 12.1 Å². The summed E-state index contributed by atoms with van der Waals surface area (Å²) in [5.41, 5.74) is 1.24. The van der Waals surface area contributed by atoms with Crippen LogP contribution in [0.25, 0.3) is 0 Å². The van der Waals surface area contributed by atoms with Crippen molar-refractivity contribution in [2.24, 2.45) is 0 Å². The quantitative estimate of drug-likeness (QED) is 0.244. The van der Waals surface area contributed by atoms with E-state index < -0.39 is 11.3 Å². The molecule has 0 spiro atoms. The number of benzene rings is 1. The lowest BCUT2D eigenvalue weighted by atomic mass is 10.0. The maximum Gasteiger partial charge on any atom is 0.115 e. The van der Waals surface area contributed by atoms with E-state index in [0.29, 0.717) is 12.3 Å². The second-order valence-corrected chi connectivity index (χ2v) is 8.26. The molecule has 1 aromatic rings. The van der Waals surface area contributed by atoms with E-state index in [4.69, 9.17) is 0 Å². The van der Waals surface area contributed by atoms with Crippen LogP contribution in [-0.4, -0.2) is 20.4 Å². The first-order valence-electron chi connectivity index (χ1n) is 10.8. The van der Waals surface area contributed by atoms with Crippen molar-refractivity contribution in [3.63, 3.8) is 0 Å². The molecule has 4 nitrogen and oxygen atoms in total. The van der Waals surface area contributed by atoms with E-state index in [1.54, 1.807) is 6.07 Å². The Morgan fingerprint density at radius 2 is 1.26 bits per heavy atom. The Kier molecular flexibility index (Phi) is 15.4. The zero-order valence-corrected chi connectivity index (χ0v) is 17.6. The number of nitrogens with one attached hydrogen (secondary N) is 1. The largest absolute Gasteiger partial charge is 0.760 e. The molecule has 1 rings (SSSR count). The highest BCUT2D eigenvalue weighted by Gasteiger charge is 1.97. The van der Waals surface area contributed by atoms with Crippen molar-refractivity contribution < 1.29 is 13.9 Å². The minimum absolute atomic E-state index is 0.374. The summed E-state index contributed by atoms with van der Waals surface area (Å²) < 4.78 is 23.0. The molecule has 1 aromatic carbocycles. The van der Waals surface area contributed by atoms with Gasteiger partial charge in [-0.05, 0) is 37.0 Å². The molecule has 0 aliphatic rings. The predicted molar refractivity (Wildman–Crippen MR) is 113 cm³/mol. The lowest BCUT2D eigenvalue weighted by molar-refractivity contribution is 0.474. The molecule has 5 heteroatoms. The van der Waals surface area contributed by atoms with Crippen molar-refractivity contribution in [2.45, 2.75) is 96.3 Å². The Hall–Kier alpha value is -0.910. The summed E-state index contributed by atoms with van der Waals surface area (Å²) >= 11 is -2.10. The van der Waals surface area contributed by atoms with Gasteiger partial charge >= 0.3 is 0 Å². The molecule has 156 valence electrons. The Labute approximate surface area is 168 Å². The first-order valence-corrected chi connectivity index (χ1v) is 11.9. The maximum absolute atomic E-state index is 10.3. The first kappa shape index (κ1) is 24.1. The van der Waals surface area contributed by atoms with Gasteiger partial charge in [0.1, 0.15) is 5.75 Å². The van der Waals surface area contributed by atoms with Crippen molar-refractivity contribution in [1.29, 1.82) is 0 Å². The Bertz CT molecular complexity index is 496. The molecule has 0 amide bonds. The van der Waals surface area contributed by atoms with Gasteiger partial charge in [0.25, 0.3) is 0 Å². The minimum Gasteiger partial charge on any atom is -0.760 e. The van der Waals surface area contributed by atoms with Crippen molar-refractivity contribution in [3.05, 3.63) is 29.8 Å². The third kappa shape index (κ3) is 15.8. The molecule has 1 unspecified atom stereocenters. The lowest BCUT2D eigenvalue weighted by Crippen LogP contribution is -2.17. The second-order valence-electron chi connectivity index (χ2n) is 7.50. The Balaban J connectivity index is 1.74. The van der Waals surface area contributed by atoms with Gasteiger partial charge in [0, 0.05) is 17.8 Å². The molecule has 0 aromatic heterocycles. The topological polar surface area (TPSA) is 72.4 Å². The van der Waals surface area contributed by atoms with Crippen LogP contribution in [0.3, 0.4) is 0 Å². The number of aryl methyl sites for hydroxylation is 1. The van der Waals surface area contributed by atoms with E-state index in [0.717, 1.165) is 19.3 Å². The zero-order valence-electron chi connectivity index (χ0n) is 16.8. The van der Waals surface area contributed by atoms with Crippen LogP contribution in [0.5, 0.6) is 5.75 Å². The molecule has 0 fully saturated rings. The fourth-order valence-electron chi connectivity index (χ4n) is 3.44. The summed E-state index contributed by atoms with van der Waals surface area (Å²) in [5, 5.41) is 9.44. The molecule has 0 saturated heterocycles. The van der Waals surface area contributed by atoms with Crippen molar-refractivity contribution in [3.8, 4) is 5.75 Å². The van der Waals surface area contributed by atoms with Gasteiger partial charge < -0.3 is 9.66 Å². The number of phenols is 1. The molecular formula is C22H38NO3S-. The van der Waals surface area contributed by atoms with Crippen molar-refractivity contribution in [2.75, 3.05) is 6.54 Å². The van der Waals surface area contributed by atoms with E-state index >= 15 is 0 Å². The second kappa shape index (κ2) is 17.2. The highest BCUT2D eigenvalue weighted by Crippen LogP contribution is 2.16. The smallest absolute Gasteiger partial charge is 0.115 e. The van der Waals surface area contributed by atoms with Crippen LogP contribution >= 0.6 is 0 Å². The number of hydrogen-bond acceptors (Lipinski definition) is 3. The predicted octanol–water partition coefficient (Wildman–Crippen LogP) is 5.78. The Morgan fingerprint density at radius 3 is 1.74 bits per heavy atom. The van der Waals surface area contributed by atoms with Gasteiger partial charge in [0.05, 0.1) is 0 Å². The summed E-state index contributed by atoms with van der Waals surface area (Å²) in [6.07, 6.45) is 18.9. The molecular weight excluding hydrogens is 358 g/mol. The third-order valence-corrected chi connectivity index (χ3v) is 5.46. The summed E-state index contributed by atoms with van der Waals surface area (Å²) in [6, 6.07) is 7.61. The fourth-order valence-corrected chi connectivity index (χ4v) is 3.75. The molecule has 0 radical (unpaired) electrons. The summed E-state index contributed by atoms with van der Waals surface area (Å²) in [4.78, 5) is 0. The third-order valence-electron chi connectivity index (χ3n) is 5.02. The molecule has 0 aliphatic carbocycles. The van der Waals surface area contributed by atoms with Gasteiger partial charge in [0.15, 0.2) is 0 Å². The molecule has 0 saturated carbocycles. The van der Waals surface area contributed by atoms with Gasteiger partial charge in [0.2, 0.25) is 0 Å². The van der Waals surface area contributed by atoms with Crippen LogP contribution in [0.1, 0.15) is 95.5 Å². The molecule has 2 N–H and O–H groups in total. The zero-order chi connectivity index (χ0) is 19.6. The van der Waals surface area contributed by atoms with Gasteiger partial charge in [-0.1, -0.05) is 89.2 Å². The number of rotatable bonds is 18. The van der Waals surface area contributed by atoms with Crippen LogP contribution in [0.2, 0.25) is 0 Å². The van der Waals surface area contributed by atoms with Crippen LogP contribution in [-0.2, 0) is 17.7 Å². The number of unbranched alkanes of at least 4 members (excludes halogenated alkanes) is 13. The normalized spacial score (nSPS) is 12.3. The van der Waals surface area contributed by atoms with E-state index in [2.05, 4.69) is 10.8 Å².